The van der Waals surface area contributed by atoms with Gasteiger partial charge in [-0.25, -0.2) is 4.39 Å². The summed E-state index contributed by atoms with van der Waals surface area (Å²) in [6.07, 6.45) is 3.50. The summed E-state index contributed by atoms with van der Waals surface area (Å²) >= 11 is 0. The van der Waals surface area contributed by atoms with Crippen molar-refractivity contribution in [1.29, 1.82) is 0 Å². The van der Waals surface area contributed by atoms with E-state index in [0.29, 0.717) is 12.6 Å². The van der Waals surface area contributed by atoms with Crippen molar-refractivity contribution in [3.8, 4) is 0 Å². The molecule has 0 aliphatic heterocycles. The number of nitrogens with one attached hydrogen (secondary N) is 1. The van der Waals surface area contributed by atoms with Crippen molar-refractivity contribution >= 4 is 5.69 Å². The highest BCUT2D eigenvalue weighted by Gasteiger charge is 2.17. The third-order valence-electron chi connectivity index (χ3n) is 2.89. The Kier molecular flexibility index (Phi) is 7.03. The average molecular weight is 288 g/mol. The van der Waals surface area contributed by atoms with Crippen LogP contribution in [-0.2, 0) is 6.54 Å². The number of aliphatic hydroxyl groups excluding tert-OH is 1. The molecular formula is C13H18F2N2O3. The molecule has 0 aliphatic carbocycles. The van der Waals surface area contributed by atoms with Crippen molar-refractivity contribution < 1.29 is 18.8 Å². The molecule has 5 nitrogen and oxygen atoms in total. The number of aliphatic hydroxyl groups is 1. The van der Waals surface area contributed by atoms with E-state index in [-0.39, 0.29) is 18.7 Å². The predicted octanol–water partition coefficient (Wildman–Crippen LogP) is 2.52. The fraction of sp³-hybridized carbons (Fsp3) is 0.538. The Balaban J connectivity index is 2.44. The van der Waals surface area contributed by atoms with E-state index >= 15 is 0 Å². The monoisotopic (exact) mass is 288 g/mol. The van der Waals surface area contributed by atoms with Gasteiger partial charge in [-0.1, -0.05) is 12.8 Å². The summed E-state index contributed by atoms with van der Waals surface area (Å²) < 4.78 is 26.6. The molecular weight excluding hydrogens is 270 g/mol. The lowest BCUT2D eigenvalue weighted by Crippen LogP contribution is -2.16. The fourth-order valence-electron chi connectivity index (χ4n) is 1.79. The van der Waals surface area contributed by atoms with E-state index < -0.39 is 22.2 Å². The van der Waals surface area contributed by atoms with Crippen molar-refractivity contribution in [3.63, 3.8) is 0 Å². The van der Waals surface area contributed by atoms with E-state index in [1.807, 2.05) is 0 Å². The molecule has 0 saturated heterocycles. The number of rotatable bonds is 9. The summed E-state index contributed by atoms with van der Waals surface area (Å²) in [6.45, 7) is 0.931. The number of benzene rings is 1. The lowest BCUT2D eigenvalue weighted by atomic mass is 10.1. The lowest BCUT2D eigenvalue weighted by Gasteiger charge is -2.06. The van der Waals surface area contributed by atoms with E-state index in [4.69, 9.17) is 5.11 Å². The van der Waals surface area contributed by atoms with Crippen molar-refractivity contribution in [2.75, 3.05) is 13.2 Å². The molecule has 0 unspecified atom stereocenters. The number of halogens is 2. The Morgan fingerprint density at radius 2 is 1.85 bits per heavy atom. The van der Waals surface area contributed by atoms with Gasteiger partial charge in [-0.05, 0) is 19.4 Å². The van der Waals surface area contributed by atoms with Gasteiger partial charge in [-0.15, -0.1) is 0 Å². The molecule has 0 radical (unpaired) electrons. The molecule has 1 aromatic rings. The molecule has 1 aromatic carbocycles. The zero-order chi connectivity index (χ0) is 15.0. The second-order valence-corrected chi connectivity index (χ2v) is 4.47. The Bertz CT molecular complexity index is 455. The number of hydrogen-bond donors (Lipinski definition) is 2. The van der Waals surface area contributed by atoms with Gasteiger partial charge in [0.1, 0.15) is 5.82 Å². The van der Waals surface area contributed by atoms with Crippen LogP contribution in [0.25, 0.3) is 0 Å². The molecule has 112 valence electrons. The minimum Gasteiger partial charge on any atom is -0.396 e. The van der Waals surface area contributed by atoms with Crippen LogP contribution in [0.5, 0.6) is 0 Å². The third kappa shape index (κ3) is 5.18. The molecule has 0 amide bonds. The molecule has 0 spiro atoms. The van der Waals surface area contributed by atoms with Gasteiger partial charge in [-0.3, -0.25) is 10.1 Å². The molecule has 0 atom stereocenters. The van der Waals surface area contributed by atoms with Gasteiger partial charge in [0, 0.05) is 30.8 Å². The lowest BCUT2D eigenvalue weighted by molar-refractivity contribution is -0.387. The standard InChI is InChI=1S/C13H18F2N2O3/c14-11-8-12(15)13(17(19)20)7-10(11)9-16-5-3-1-2-4-6-18/h7-8,16,18H,1-6,9H2. The predicted molar refractivity (Wildman–Crippen MR) is 70.3 cm³/mol. The summed E-state index contributed by atoms with van der Waals surface area (Å²) in [4.78, 5) is 9.70. The van der Waals surface area contributed by atoms with Gasteiger partial charge in [0.25, 0.3) is 0 Å². The zero-order valence-corrected chi connectivity index (χ0v) is 11.1. The number of nitrogens with zero attached hydrogens (tertiary/aromatic N) is 1. The van der Waals surface area contributed by atoms with E-state index in [9.17, 15) is 18.9 Å². The van der Waals surface area contributed by atoms with E-state index in [0.717, 1.165) is 31.7 Å². The van der Waals surface area contributed by atoms with Crippen LogP contribution in [0.3, 0.4) is 0 Å². The Hall–Kier alpha value is -1.60. The maximum Gasteiger partial charge on any atom is 0.305 e. The molecule has 7 heteroatoms. The maximum atomic E-state index is 13.4. The number of nitro benzene ring substituents is 1. The van der Waals surface area contributed by atoms with E-state index in [1.165, 1.54) is 0 Å². The second-order valence-electron chi connectivity index (χ2n) is 4.47. The zero-order valence-electron chi connectivity index (χ0n) is 11.1. The van der Waals surface area contributed by atoms with Crippen LogP contribution in [0.15, 0.2) is 12.1 Å². The highest BCUT2D eigenvalue weighted by atomic mass is 19.1. The van der Waals surface area contributed by atoms with Crippen molar-refractivity contribution in [2.45, 2.75) is 32.2 Å². The summed E-state index contributed by atoms with van der Waals surface area (Å²) in [5.41, 5.74) is -0.639. The molecule has 2 N–H and O–H groups in total. The smallest absolute Gasteiger partial charge is 0.305 e. The molecule has 1 rings (SSSR count). The first-order valence-corrected chi connectivity index (χ1v) is 6.50. The number of hydrogen-bond acceptors (Lipinski definition) is 4. The van der Waals surface area contributed by atoms with Crippen LogP contribution in [0.2, 0.25) is 0 Å². The minimum absolute atomic E-state index is 0.0773. The molecule has 0 aliphatic rings. The van der Waals surface area contributed by atoms with Gasteiger partial charge < -0.3 is 10.4 Å². The quantitative estimate of drug-likeness (QED) is 0.416. The highest BCUT2D eigenvalue weighted by Crippen LogP contribution is 2.21. The van der Waals surface area contributed by atoms with Crippen LogP contribution in [-0.4, -0.2) is 23.2 Å². The summed E-state index contributed by atoms with van der Waals surface area (Å²) in [5.74, 6) is -1.96. The maximum absolute atomic E-state index is 13.4. The summed E-state index contributed by atoms with van der Waals surface area (Å²) in [5, 5.41) is 22.1. The molecule has 0 aromatic heterocycles. The first kappa shape index (κ1) is 16.5. The molecule has 20 heavy (non-hydrogen) atoms. The van der Waals surface area contributed by atoms with Crippen molar-refractivity contribution in [2.24, 2.45) is 0 Å². The normalized spacial score (nSPS) is 10.8. The van der Waals surface area contributed by atoms with Gasteiger partial charge in [0.2, 0.25) is 5.82 Å². The summed E-state index contributed by atoms with van der Waals surface area (Å²) in [6, 6.07) is 1.46. The largest absolute Gasteiger partial charge is 0.396 e. The Labute approximate surface area is 115 Å². The van der Waals surface area contributed by atoms with Gasteiger partial charge in [0.15, 0.2) is 0 Å². The average Bonchev–Trinajstić information content (AvgIpc) is 2.39. The number of unbranched alkanes of at least 4 members (excludes halogenated alkanes) is 3. The third-order valence-corrected chi connectivity index (χ3v) is 2.89. The fourth-order valence-corrected chi connectivity index (χ4v) is 1.79. The Morgan fingerprint density at radius 1 is 1.15 bits per heavy atom. The van der Waals surface area contributed by atoms with Crippen LogP contribution in [0.4, 0.5) is 14.5 Å². The number of nitro groups is 1. The van der Waals surface area contributed by atoms with Crippen molar-refractivity contribution in [1.82, 2.24) is 5.32 Å². The van der Waals surface area contributed by atoms with Crippen molar-refractivity contribution in [3.05, 3.63) is 39.4 Å². The van der Waals surface area contributed by atoms with Gasteiger partial charge in [0.05, 0.1) is 4.92 Å². The molecule has 0 saturated carbocycles. The van der Waals surface area contributed by atoms with Crippen LogP contribution in [0.1, 0.15) is 31.2 Å². The van der Waals surface area contributed by atoms with Gasteiger partial charge >= 0.3 is 5.69 Å². The molecule has 0 heterocycles. The van der Waals surface area contributed by atoms with E-state index in [1.54, 1.807) is 0 Å². The van der Waals surface area contributed by atoms with Crippen LogP contribution >= 0.6 is 0 Å². The SMILES string of the molecule is O=[N+]([O-])c1cc(CNCCCCCCO)c(F)cc1F. The highest BCUT2D eigenvalue weighted by molar-refractivity contribution is 5.37. The van der Waals surface area contributed by atoms with Crippen LogP contribution in [0, 0.1) is 21.7 Å². The first-order chi connectivity index (χ1) is 9.56. The van der Waals surface area contributed by atoms with E-state index in [2.05, 4.69) is 5.32 Å². The topological polar surface area (TPSA) is 75.4 Å². The molecule has 0 bridgehead atoms. The van der Waals surface area contributed by atoms with Crippen LogP contribution < -0.4 is 5.32 Å². The Morgan fingerprint density at radius 3 is 2.50 bits per heavy atom. The second kappa shape index (κ2) is 8.55. The minimum atomic E-state index is -1.17. The van der Waals surface area contributed by atoms with Gasteiger partial charge in [-0.2, -0.15) is 4.39 Å². The first-order valence-electron chi connectivity index (χ1n) is 6.50. The molecule has 0 fully saturated rings. The summed E-state index contributed by atoms with van der Waals surface area (Å²) in [7, 11) is 0.